The molecule has 0 aliphatic rings. The fraction of sp³-hybridized carbons (Fsp3) is 0.0909. The minimum Gasteiger partial charge on any atom is -0.384 e. The van der Waals surface area contributed by atoms with Gasteiger partial charge in [-0.2, -0.15) is 0 Å². The lowest BCUT2D eigenvalue weighted by Crippen LogP contribution is -2.00. The van der Waals surface area contributed by atoms with Gasteiger partial charge in [0.25, 0.3) is 0 Å². The number of halogens is 2. The van der Waals surface area contributed by atoms with Crippen LogP contribution < -0.4 is 0 Å². The van der Waals surface area contributed by atoms with E-state index in [0.717, 1.165) is 14.5 Å². The number of benzene rings is 1. The van der Waals surface area contributed by atoms with Gasteiger partial charge in [-0.3, -0.25) is 0 Å². The first-order valence-corrected chi connectivity index (χ1v) is 6.15. The van der Waals surface area contributed by atoms with Crippen molar-refractivity contribution in [3.8, 4) is 0 Å². The minimum atomic E-state index is -0.703. The normalized spacial score (nSPS) is 12.4. The Morgan fingerprint density at radius 2 is 1.69 bits per heavy atom. The van der Waals surface area contributed by atoms with Crippen LogP contribution in [0, 0.1) is 0 Å². The molecule has 16 heavy (non-hydrogen) atoms. The zero-order valence-electron chi connectivity index (χ0n) is 8.14. The Labute approximate surface area is 110 Å². The van der Waals surface area contributed by atoms with E-state index in [2.05, 4.69) is 41.8 Å². The molecule has 0 spiro atoms. The SMILES string of the molecule is OC(c1cncnc1)c1ccc(Br)c(Br)c1. The van der Waals surface area contributed by atoms with E-state index in [4.69, 9.17) is 0 Å². The quantitative estimate of drug-likeness (QED) is 0.911. The third-order valence-electron chi connectivity index (χ3n) is 2.16. The van der Waals surface area contributed by atoms with Gasteiger partial charge < -0.3 is 5.11 Å². The molecule has 0 aliphatic heterocycles. The van der Waals surface area contributed by atoms with E-state index in [-0.39, 0.29) is 0 Å². The number of aromatic nitrogens is 2. The van der Waals surface area contributed by atoms with E-state index in [1.54, 1.807) is 12.4 Å². The van der Waals surface area contributed by atoms with Gasteiger partial charge in [0.1, 0.15) is 12.4 Å². The molecule has 1 aromatic carbocycles. The summed E-state index contributed by atoms with van der Waals surface area (Å²) in [6, 6.07) is 5.60. The number of rotatable bonds is 2. The monoisotopic (exact) mass is 342 g/mol. The predicted molar refractivity (Wildman–Crippen MR) is 67.9 cm³/mol. The highest BCUT2D eigenvalue weighted by Gasteiger charge is 2.11. The Morgan fingerprint density at radius 1 is 1.00 bits per heavy atom. The van der Waals surface area contributed by atoms with Gasteiger partial charge >= 0.3 is 0 Å². The summed E-state index contributed by atoms with van der Waals surface area (Å²) in [7, 11) is 0. The van der Waals surface area contributed by atoms with Gasteiger partial charge in [-0.15, -0.1) is 0 Å². The molecule has 82 valence electrons. The zero-order valence-corrected chi connectivity index (χ0v) is 11.3. The average Bonchev–Trinajstić information content (AvgIpc) is 2.33. The van der Waals surface area contributed by atoms with Crippen LogP contribution in [0.3, 0.4) is 0 Å². The summed E-state index contributed by atoms with van der Waals surface area (Å²) in [5.74, 6) is 0. The number of hydrogen-bond donors (Lipinski definition) is 1. The van der Waals surface area contributed by atoms with Gasteiger partial charge in [0.05, 0.1) is 0 Å². The molecule has 1 heterocycles. The molecule has 1 atom stereocenters. The maximum absolute atomic E-state index is 10.1. The number of aliphatic hydroxyl groups excluding tert-OH is 1. The molecule has 0 fully saturated rings. The van der Waals surface area contributed by atoms with Gasteiger partial charge in [0, 0.05) is 26.9 Å². The lowest BCUT2D eigenvalue weighted by Gasteiger charge is -2.11. The maximum atomic E-state index is 10.1. The fourth-order valence-electron chi connectivity index (χ4n) is 1.33. The van der Waals surface area contributed by atoms with Gasteiger partial charge in [0.2, 0.25) is 0 Å². The molecule has 0 saturated heterocycles. The lowest BCUT2D eigenvalue weighted by molar-refractivity contribution is 0.219. The molecule has 0 radical (unpaired) electrons. The molecule has 2 rings (SSSR count). The van der Waals surface area contributed by atoms with E-state index in [1.165, 1.54) is 6.33 Å². The van der Waals surface area contributed by atoms with E-state index in [0.29, 0.717) is 5.56 Å². The molecular weight excluding hydrogens is 336 g/mol. The summed E-state index contributed by atoms with van der Waals surface area (Å²) in [5.41, 5.74) is 1.47. The van der Waals surface area contributed by atoms with Crippen LogP contribution in [0.15, 0.2) is 45.9 Å². The van der Waals surface area contributed by atoms with Crippen LogP contribution >= 0.6 is 31.9 Å². The number of nitrogens with zero attached hydrogens (tertiary/aromatic N) is 2. The van der Waals surface area contributed by atoms with Crippen molar-refractivity contribution in [1.82, 2.24) is 9.97 Å². The van der Waals surface area contributed by atoms with Gasteiger partial charge in [-0.25, -0.2) is 9.97 Å². The van der Waals surface area contributed by atoms with Crippen molar-refractivity contribution in [3.63, 3.8) is 0 Å². The molecule has 0 amide bonds. The van der Waals surface area contributed by atoms with Gasteiger partial charge in [-0.05, 0) is 49.6 Å². The second-order valence-electron chi connectivity index (χ2n) is 3.25. The Kier molecular flexibility index (Phi) is 3.68. The molecule has 0 aliphatic carbocycles. The van der Waals surface area contributed by atoms with Crippen molar-refractivity contribution in [2.45, 2.75) is 6.10 Å². The topological polar surface area (TPSA) is 46.0 Å². The molecule has 0 saturated carbocycles. The Morgan fingerprint density at radius 3 is 2.31 bits per heavy atom. The van der Waals surface area contributed by atoms with Crippen molar-refractivity contribution in [2.75, 3.05) is 0 Å². The second-order valence-corrected chi connectivity index (χ2v) is 4.96. The fourth-order valence-corrected chi connectivity index (χ4v) is 1.97. The highest BCUT2D eigenvalue weighted by molar-refractivity contribution is 9.13. The zero-order chi connectivity index (χ0) is 11.5. The molecule has 3 nitrogen and oxygen atoms in total. The molecular formula is C11H8Br2N2O. The molecule has 1 aromatic heterocycles. The third-order valence-corrected chi connectivity index (χ3v) is 4.04. The number of hydrogen-bond acceptors (Lipinski definition) is 3. The van der Waals surface area contributed by atoms with Crippen LogP contribution in [0.4, 0.5) is 0 Å². The first-order chi connectivity index (χ1) is 7.68. The van der Waals surface area contributed by atoms with Crippen LogP contribution in [-0.4, -0.2) is 15.1 Å². The molecule has 2 aromatic rings. The van der Waals surface area contributed by atoms with Crippen molar-refractivity contribution >= 4 is 31.9 Å². The number of aliphatic hydroxyl groups is 1. The lowest BCUT2D eigenvalue weighted by atomic mass is 10.0. The van der Waals surface area contributed by atoms with Crippen LogP contribution in [-0.2, 0) is 0 Å². The summed E-state index contributed by atoms with van der Waals surface area (Å²) in [6.07, 6.45) is 3.94. The maximum Gasteiger partial charge on any atom is 0.115 e. The van der Waals surface area contributed by atoms with Crippen LogP contribution in [0.1, 0.15) is 17.2 Å². The summed E-state index contributed by atoms with van der Waals surface area (Å²) in [5, 5.41) is 10.1. The Bertz CT molecular complexity index is 491. The standard InChI is InChI=1S/C11H8Br2N2O/c12-9-2-1-7(3-10(9)13)11(16)8-4-14-6-15-5-8/h1-6,11,16H. The summed E-state index contributed by atoms with van der Waals surface area (Å²) >= 11 is 6.78. The van der Waals surface area contributed by atoms with Crippen molar-refractivity contribution in [3.05, 3.63) is 57.0 Å². The average molecular weight is 344 g/mol. The smallest absolute Gasteiger partial charge is 0.115 e. The molecule has 1 unspecified atom stereocenters. The first kappa shape index (κ1) is 11.7. The molecule has 5 heteroatoms. The van der Waals surface area contributed by atoms with E-state index in [9.17, 15) is 5.11 Å². The van der Waals surface area contributed by atoms with Crippen LogP contribution in [0.2, 0.25) is 0 Å². The highest BCUT2D eigenvalue weighted by atomic mass is 79.9. The first-order valence-electron chi connectivity index (χ1n) is 4.56. The third kappa shape index (κ3) is 2.48. The van der Waals surface area contributed by atoms with Gasteiger partial charge in [0.15, 0.2) is 0 Å². The van der Waals surface area contributed by atoms with Crippen molar-refractivity contribution < 1.29 is 5.11 Å². The van der Waals surface area contributed by atoms with Crippen LogP contribution in [0.5, 0.6) is 0 Å². The Balaban J connectivity index is 2.34. The largest absolute Gasteiger partial charge is 0.384 e. The summed E-state index contributed by atoms with van der Waals surface area (Å²) in [4.78, 5) is 7.76. The van der Waals surface area contributed by atoms with E-state index < -0.39 is 6.10 Å². The minimum absolute atomic E-state index is 0.678. The van der Waals surface area contributed by atoms with E-state index >= 15 is 0 Å². The van der Waals surface area contributed by atoms with Crippen molar-refractivity contribution in [2.24, 2.45) is 0 Å². The highest BCUT2D eigenvalue weighted by Crippen LogP contribution is 2.28. The summed E-state index contributed by atoms with van der Waals surface area (Å²) < 4.78 is 1.86. The van der Waals surface area contributed by atoms with Gasteiger partial charge in [-0.1, -0.05) is 6.07 Å². The predicted octanol–water partition coefficient (Wildman–Crippen LogP) is 3.08. The molecule has 0 bridgehead atoms. The van der Waals surface area contributed by atoms with E-state index in [1.807, 2.05) is 18.2 Å². The second kappa shape index (κ2) is 5.03. The Hall–Kier alpha value is -0.780. The van der Waals surface area contributed by atoms with Crippen LogP contribution in [0.25, 0.3) is 0 Å². The summed E-state index contributed by atoms with van der Waals surface area (Å²) in [6.45, 7) is 0. The molecule has 1 N–H and O–H groups in total. The van der Waals surface area contributed by atoms with Crippen molar-refractivity contribution in [1.29, 1.82) is 0 Å².